The first-order chi connectivity index (χ1) is 11.1. The molecule has 24 heavy (non-hydrogen) atoms. The first kappa shape index (κ1) is 15.9. The maximum absolute atomic E-state index is 12.5. The Morgan fingerprint density at radius 1 is 1.17 bits per heavy atom. The van der Waals surface area contributed by atoms with Gasteiger partial charge in [-0.1, -0.05) is 12.1 Å². The number of hydrogen-bond acceptors (Lipinski definition) is 6. The van der Waals surface area contributed by atoms with Crippen molar-refractivity contribution in [3.8, 4) is 0 Å². The predicted octanol–water partition coefficient (Wildman–Crippen LogP) is 0.349. The molecule has 3 rings (SSSR count). The summed E-state index contributed by atoms with van der Waals surface area (Å²) in [6.07, 6.45) is 0. The number of hydrogen-bond donors (Lipinski definition) is 3. The van der Waals surface area contributed by atoms with Crippen molar-refractivity contribution in [2.75, 3.05) is 12.3 Å². The van der Waals surface area contributed by atoms with Gasteiger partial charge < -0.3 is 10.8 Å². The summed E-state index contributed by atoms with van der Waals surface area (Å²) in [4.78, 5) is 35.5. The molecule has 124 valence electrons. The molecule has 0 saturated heterocycles. The summed E-state index contributed by atoms with van der Waals surface area (Å²) in [5.41, 5.74) is 5.26. The Morgan fingerprint density at radius 3 is 2.38 bits per heavy atom. The second-order valence-corrected chi connectivity index (χ2v) is 6.52. The van der Waals surface area contributed by atoms with Gasteiger partial charge in [0.25, 0.3) is 21.9 Å². The molecule has 2 aromatic carbocycles. The third kappa shape index (κ3) is 2.20. The van der Waals surface area contributed by atoms with E-state index in [1.54, 1.807) is 0 Å². The first-order valence-corrected chi connectivity index (χ1v) is 7.97. The maximum Gasteiger partial charge on any atom is 0.323 e. The fourth-order valence-electron chi connectivity index (χ4n) is 2.70. The molecule has 0 spiro atoms. The minimum atomic E-state index is -4.72. The predicted molar refractivity (Wildman–Crippen MR) is 81.2 cm³/mol. The summed E-state index contributed by atoms with van der Waals surface area (Å²) in [6.45, 7) is -0.876. The molecule has 0 bridgehead atoms. The molecular weight excluding hydrogens is 340 g/mol. The molecule has 0 aliphatic carbocycles. The Labute approximate surface area is 135 Å². The monoisotopic (exact) mass is 350 g/mol. The van der Waals surface area contributed by atoms with Gasteiger partial charge in [-0.05, 0) is 12.1 Å². The van der Waals surface area contributed by atoms with E-state index in [1.807, 2.05) is 0 Å². The zero-order chi connectivity index (χ0) is 17.8. The molecule has 0 atom stereocenters. The Bertz CT molecular complexity index is 1040. The van der Waals surface area contributed by atoms with Crippen LogP contribution >= 0.6 is 0 Å². The van der Waals surface area contributed by atoms with E-state index >= 15 is 0 Å². The highest BCUT2D eigenvalue weighted by molar-refractivity contribution is 7.86. The van der Waals surface area contributed by atoms with Crippen LogP contribution in [0.2, 0.25) is 0 Å². The molecule has 9 nitrogen and oxygen atoms in total. The average molecular weight is 350 g/mol. The molecule has 0 radical (unpaired) electrons. The lowest BCUT2D eigenvalue weighted by molar-refractivity contribution is -0.137. The number of aliphatic carboxylic acids is 1. The maximum atomic E-state index is 12.5. The van der Waals surface area contributed by atoms with Crippen LogP contribution < -0.4 is 5.73 Å². The summed E-state index contributed by atoms with van der Waals surface area (Å²) in [7, 11) is -4.72. The summed E-state index contributed by atoms with van der Waals surface area (Å²) in [6, 6.07) is 5.04. The highest BCUT2D eigenvalue weighted by atomic mass is 32.2. The fourth-order valence-corrected chi connectivity index (χ4v) is 3.36. The summed E-state index contributed by atoms with van der Waals surface area (Å²) < 4.78 is 32.3. The van der Waals surface area contributed by atoms with Crippen LogP contribution in [0.3, 0.4) is 0 Å². The molecule has 0 unspecified atom stereocenters. The van der Waals surface area contributed by atoms with Gasteiger partial charge in [-0.2, -0.15) is 8.42 Å². The number of amides is 2. The molecule has 10 heteroatoms. The van der Waals surface area contributed by atoms with E-state index in [2.05, 4.69) is 0 Å². The Morgan fingerprint density at radius 2 is 1.79 bits per heavy atom. The second kappa shape index (κ2) is 5.01. The molecule has 2 amide bonds. The molecular formula is C14H10N2O7S. The van der Waals surface area contributed by atoms with Gasteiger partial charge in [-0.25, -0.2) is 0 Å². The third-order valence-electron chi connectivity index (χ3n) is 3.69. The number of carboxylic acids is 1. The number of nitrogens with zero attached hydrogens (tertiary/aromatic N) is 1. The van der Waals surface area contributed by atoms with Gasteiger partial charge in [0.2, 0.25) is 0 Å². The van der Waals surface area contributed by atoms with Crippen LogP contribution in [0.1, 0.15) is 20.7 Å². The van der Waals surface area contributed by atoms with E-state index in [9.17, 15) is 27.4 Å². The van der Waals surface area contributed by atoms with E-state index < -0.39 is 39.3 Å². The van der Waals surface area contributed by atoms with Crippen molar-refractivity contribution < 1.29 is 32.5 Å². The molecule has 1 aliphatic heterocycles. The number of carbonyl (C=O) groups is 3. The van der Waals surface area contributed by atoms with Gasteiger partial charge in [0, 0.05) is 16.3 Å². The van der Waals surface area contributed by atoms with Crippen LogP contribution in [0.4, 0.5) is 5.69 Å². The summed E-state index contributed by atoms with van der Waals surface area (Å²) in [5, 5.41) is 9.10. The molecule has 1 heterocycles. The van der Waals surface area contributed by atoms with Gasteiger partial charge in [0.15, 0.2) is 0 Å². The van der Waals surface area contributed by atoms with E-state index in [4.69, 9.17) is 10.8 Å². The van der Waals surface area contributed by atoms with Gasteiger partial charge >= 0.3 is 5.97 Å². The lowest BCUT2D eigenvalue weighted by Crippen LogP contribution is -2.43. The van der Waals surface area contributed by atoms with Crippen molar-refractivity contribution in [1.82, 2.24) is 4.90 Å². The fraction of sp³-hybridized carbons (Fsp3) is 0.0714. The SMILES string of the molecule is Nc1c(S(=O)(=O)O)cc2c3c(cccc13)C(=O)N(CC(=O)O)C2=O. The Kier molecular flexibility index (Phi) is 3.32. The van der Waals surface area contributed by atoms with Crippen molar-refractivity contribution >= 4 is 44.4 Å². The quantitative estimate of drug-likeness (QED) is 0.407. The number of anilines is 1. The minimum Gasteiger partial charge on any atom is -0.480 e. The number of nitrogens with two attached hydrogens (primary N) is 1. The van der Waals surface area contributed by atoms with E-state index in [0.717, 1.165) is 6.07 Å². The van der Waals surface area contributed by atoms with E-state index in [1.165, 1.54) is 18.2 Å². The largest absolute Gasteiger partial charge is 0.480 e. The normalized spacial score (nSPS) is 14.3. The number of rotatable bonds is 3. The van der Waals surface area contributed by atoms with Crippen LogP contribution in [0, 0.1) is 0 Å². The van der Waals surface area contributed by atoms with Crippen LogP contribution in [0.15, 0.2) is 29.2 Å². The lowest BCUT2D eigenvalue weighted by Gasteiger charge is -2.26. The van der Waals surface area contributed by atoms with Crippen molar-refractivity contribution in [3.05, 3.63) is 35.4 Å². The summed E-state index contributed by atoms with van der Waals surface area (Å²) in [5.74, 6) is -3.20. The third-order valence-corrected chi connectivity index (χ3v) is 4.58. The lowest BCUT2D eigenvalue weighted by atomic mass is 9.93. The highest BCUT2D eigenvalue weighted by Gasteiger charge is 2.36. The Balaban J connectivity index is 2.42. The van der Waals surface area contributed by atoms with Crippen LogP contribution in [-0.2, 0) is 14.9 Å². The van der Waals surface area contributed by atoms with Gasteiger partial charge in [0.05, 0.1) is 11.3 Å². The van der Waals surface area contributed by atoms with Crippen molar-refractivity contribution in [2.24, 2.45) is 0 Å². The molecule has 0 fully saturated rings. The molecule has 2 aromatic rings. The zero-order valence-electron chi connectivity index (χ0n) is 11.9. The topological polar surface area (TPSA) is 155 Å². The Hall–Kier alpha value is -2.98. The van der Waals surface area contributed by atoms with Crippen LogP contribution in [-0.4, -0.2) is 47.3 Å². The number of benzene rings is 2. The van der Waals surface area contributed by atoms with Crippen molar-refractivity contribution in [2.45, 2.75) is 4.90 Å². The molecule has 0 saturated carbocycles. The van der Waals surface area contributed by atoms with Gasteiger partial charge in [-0.15, -0.1) is 0 Å². The standard InChI is InChI=1S/C14H10N2O7S/c15-12-6-2-1-3-7-11(6)8(4-9(12)24(21,22)23)14(20)16(13(7)19)5-10(17)18/h1-4H,5,15H2,(H,17,18)(H,21,22,23). The molecule has 4 N–H and O–H groups in total. The van der Waals surface area contributed by atoms with Crippen LogP contribution in [0.5, 0.6) is 0 Å². The number of imide groups is 1. The first-order valence-electron chi connectivity index (χ1n) is 6.53. The van der Waals surface area contributed by atoms with Crippen molar-refractivity contribution in [1.29, 1.82) is 0 Å². The molecule has 1 aliphatic rings. The smallest absolute Gasteiger partial charge is 0.323 e. The van der Waals surface area contributed by atoms with Gasteiger partial charge in [-0.3, -0.25) is 23.8 Å². The van der Waals surface area contributed by atoms with Gasteiger partial charge in [0.1, 0.15) is 11.4 Å². The number of carboxylic acid groups (broad SMARTS) is 1. The average Bonchev–Trinajstić information content (AvgIpc) is 2.49. The highest BCUT2D eigenvalue weighted by Crippen LogP contribution is 2.37. The van der Waals surface area contributed by atoms with Crippen LogP contribution in [0.25, 0.3) is 10.8 Å². The summed E-state index contributed by atoms with van der Waals surface area (Å²) >= 11 is 0. The van der Waals surface area contributed by atoms with E-state index in [-0.39, 0.29) is 27.6 Å². The zero-order valence-corrected chi connectivity index (χ0v) is 12.7. The molecule has 0 aromatic heterocycles. The minimum absolute atomic E-state index is 0.0249. The van der Waals surface area contributed by atoms with E-state index in [0.29, 0.717) is 4.90 Å². The van der Waals surface area contributed by atoms with Crippen molar-refractivity contribution in [3.63, 3.8) is 0 Å². The number of nitrogen functional groups attached to an aromatic ring is 1. The second-order valence-electron chi connectivity index (χ2n) is 5.13. The number of carbonyl (C=O) groups excluding carboxylic acids is 2.